The van der Waals surface area contributed by atoms with Crippen molar-refractivity contribution >= 4 is 33.4 Å². The maximum Gasteiger partial charge on any atom is 0.307 e. The van der Waals surface area contributed by atoms with Crippen molar-refractivity contribution in [1.82, 2.24) is 0 Å². The number of carboxylic acids is 1. The van der Waals surface area contributed by atoms with Crippen molar-refractivity contribution in [1.29, 1.82) is 0 Å². The topological polar surface area (TPSA) is 115 Å². The van der Waals surface area contributed by atoms with E-state index in [2.05, 4.69) is 0 Å². The van der Waals surface area contributed by atoms with Crippen molar-refractivity contribution in [3.63, 3.8) is 0 Å². The number of sulfonamides is 1. The number of carbonyl (C=O) groups is 2. The van der Waals surface area contributed by atoms with Crippen LogP contribution in [0.25, 0.3) is 0 Å². The number of carbonyl (C=O) groups excluding carboxylic acids is 1. The molecule has 0 spiro atoms. The number of nitrogens with two attached hydrogens (primary N) is 1. The lowest BCUT2D eigenvalue weighted by molar-refractivity contribution is -0.141. The average molecular weight is 382 g/mol. The van der Waals surface area contributed by atoms with Crippen LogP contribution in [0.1, 0.15) is 22.3 Å². The maximum absolute atomic E-state index is 12.4. The lowest BCUT2D eigenvalue weighted by Crippen LogP contribution is -2.21. The number of halogens is 1. The third-order valence-electron chi connectivity index (χ3n) is 3.67. The highest BCUT2D eigenvalue weighted by molar-refractivity contribution is 7.89. The number of aliphatic carboxylic acids is 1. The van der Waals surface area contributed by atoms with Crippen LogP contribution < -0.4 is 5.14 Å². The Bertz CT molecular complexity index is 897. The van der Waals surface area contributed by atoms with Crippen LogP contribution in [0.15, 0.2) is 53.4 Å². The molecule has 0 heterocycles. The molecular formula is C17H16ClNO5S. The molecule has 2 rings (SSSR count). The van der Waals surface area contributed by atoms with Crippen molar-refractivity contribution in [2.45, 2.75) is 17.7 Å². The summed E-state index contributed by atoms with van der Waals surface area (Å²) in [6.45, 7) is 0. The first-order chi connectivity index (χ1) is 11.7. The van der Waals surface area contributed by atoms with Gasteiger partial charge in [-0.05, 0) is 30.2 Å². The zero-order valence-electron chi connectivity index (χ0n) is 13.1. The molecule has 1 unspecified atom stereocenters. The summed E-state index contributed by atoms with van der Waals surface area (Å²) < 4.78 is 23.0. The van der Waals surface area contributed by atoms with Crippen LogP contribution in [0.5, 0.6) is 0 Å². The van der Waals surface area contributed by atoms with Crippen molar-refractivity contribution in [3.05, 3.63) is 64.7 Å². The second kappa shape index (κ2) is 7.77. The van der Waals surface area contributed by atoms with E-state index in [0.717, 1.165) is 11.6 Å². The fourth-order valence-electron chi connectivity index (χ4n) is 2.38. The van der Waals surface area contributed by atoms with Gasteiger partial charge in [0.1, 0.15) is 4.90 Å². The molecule has 0 aliphatic heterocycles. The number of ketones is 1. The molecule has 6 nitrogen and oxygen atoms in total. The van der Waals surface area contributed by atoms with E-state index in [1.807, 2.05) is 6.07 Å². The molecule has 0 bridgehead atoms. The normalized spacial score (nSPS) is 12.6. The van der Waals surface area contributed by atoms with Gasteiger partial charge < -0.3 is 5.11 Å². The largest absolute Gasteiger partial charge is 0.481 e. The van der Waals surface area contributed by atoms with Gasteiger partial charge in [0.05, 0.1) is 10.9 Å². The minimum absolute atomic E-state index is 0.0488. The van der Waals surface area contributed by atoms with E-state index in [-0.39, 0.29) is 28.3 Å². The third-order valence-corrected chi connectivity index (χ3v) is 5.06. The summed E-state index contributed by atoms with van der Waals surface area (Å²) in [7, 11) is -4.08. The van der Waals surface area contributed by atoms with Crippen LogP contribution in [-0.2, 0) is 21.2 Å². The smallest absolute Gasteiger partial charge is 0.307 e. The molecule has 0 amide bonds. The van der Waals surface area contributed by atoms with Crippen LogP contribution in [-0.4, -0.2) is 25.3 Å². The fraction of sp³-hybridized carbons (Fsp3) is 0.176. The average Bonchev–Trinajstić information content (AvgIpc) is 2.54. The highest BCUT2D eigenvalue weighted by Gasteiger charge is 2.24. The van der Waals surface area contributed by atoms with Crippen LogP contribution in [0.3, 0.4) is 0 Å². The number of rotatable bonds is 7. The Labute approximate surface area is 150 Å². The van der Waals surface area contributed by atoms with Gasteiger partial charge in [0.25, 0.3) is 0 Å². The minimum atomic E-state index is -4.08. The summed E-state index contributed by atoms with van der Waals surface area (Å²) in [5, 5.41) is 14.3. The Balaban J connectivity index is 2.23. The summed E-state index contributed by atoms with van der Waals surface area (Å²) in [6, 6.07) is 12.6. The second-order valence-corrected chi connectivity index (χ2v) is 7.48. The minimum Gasteiger partial charge on any atom is -0.481 e. The van der Waals surface area contributed by atoms with Gasteiger partial charge in [-0.1, -0.05) is 41.9 Å². The molecular weight excluding hydrogens is 366 g/mol. The van der Waals surface area contributed by atoms with Crippen molar-refractivity contribution in [3.8, 4) is 0 Å². The number of carboxylic acid groups (broad SMARTS) is 1. The molecule has 0 saturated heterocycles. The molecule has 25 heavy (non-hydrogen) atoms. The molecule has 2 aromatic carbocycles. The Morgan fingerprint density at radius 2 is 1.76 bits per heavy atom. The summed E-state index contributed by atoms with van der Waals surface area (Å²) in [4.78, 5) is 23.5. The molecule has 2 aromatic rings. The van der Waals surface area contributed by atoms with E-state index in [1.165, 1.54) is 12.1 Å². The van der Waals surface area contributed by atoms with Gasteiger partial charge >= 0.3 is 5.97 Å². The van der Waals surface area contributed by atoms with Gasteiger partial charge in [-0.3, -0.25) is 9.59 Å². The lowest BCUT2D eigenvalue weighted by atomic mass is 9.92. The molecule has 0 saturated carbocycles. The second-order valence-electron chi connectivity index (χ2n) is 5.54. The van der Waals surface area contributed by atoms with E-state index in [1.54, 1.807) is 24.3 Å². The first-order valence-corrected chi connectivity index (χ1v) is 9.23. The third kappa shape index (κ3) is 5.12. The first-order valence-electron chi connectivity index (χ1n) is 7.30. The fourth-order valence-corrected chi connectivity index (χ4v) is 3.45. The Hall–Kier alpha value is -2.22. The SMILES string of the molecule is NS(=O)(=O)c1cc(C(=O)CC(Cc2ccccc2)C(=O)O)ccc1Cl. The molecule has 132 valence electrons. The van der Waals surface area contributed by atoms with Gasteiger partial charge in [0, 0.05) is 12.0 Å². The van der Waals surface area contributed by atoms with Crippen LogP contribution in [0.4, 0.5) is 0 Å². The zero-order valence-corrected chi connectivity index (χ0v) is 14.6. The summed E-state index contributed by atoms with van der Waals surface area (Å²) in [6.07, 6.45) is -0.0759. The number of benzene rings is 2. The Kier molecular flexibility index (Phi) is 5.94. The van der Waals surface area contributed by atoms with E-state index in [9.17, 15) is 23.1 Å². The summed E-state index contributed by atoms with van der Waals surface area (Å²) in [5.74, 6) is -2.52. The quantitative estimate of drug-likeness (QED) is 0.715. The van der Waals surface area contributed by atoms with Crippen molar-refractivity contribution < 1.29 is 23.1 Å². The lowest BCUT2D eigenvalue weighted by Gasteiger charge is -2.12. The van der Waals surface area contributed by atoms with Gasteiger partial charge in [-0.2, -0.15) is 0 Å². The highest BCUT2D eigenvalue weighted by Crippen LogP contribution is 2.23. The molecule has 0 fully saturated rings. The molecule has 0 radical (unpaired) electrons. The van der Waals surface area contributed by atoms with Crippen molar-refractivity contribution in [2.24, 2.45) is 11.1 Å². The standard InChI is InChI=1S/C17H16ClNO5S/c18-14-7-6-12(10-16(14)25(19,23)24)15(20)9-13(17(21)22)8-11-4-2-1-3-5-11/h1-7,10,13H,8-9H2,(H,21,22)(H2,19,23,24). The molecule has 3 N–H and O–H groups in total. The monoisotopic (exact) mass is 381 g/mol. The van der Waals surface area contributed by atoms with Crippen molar-refractivity contribution in [2.75, 3.05) is 0 Å². The Morgan fingerprint density at radius 1 is 1.12 bits per heavy atom. The first kappa shape index (κ1) is 19.1. The summed E-state index contributed by atoms with van der Waals surface area (Å²) in [5.41, 5.74) is 0.844. The Morgan fingerprint density at radius 3 is 2.32 bits per heavy atom. The molecule has 1 atom stereocenters. The zero-order chi connectivity index (χ0) is 18.6. The van der Waals surface area contributed by atoms with E-state index in [0.29, 0.717) is 0 Å². The van der Waals surface area contributed by atoms with Crippen LogP contribution >= 0.6 is 11.6 Å². The predicted octanol–water partition coefficient (Wildman–Crippen LogP) is 2.50. The van der Waals surface area contributed by atoms with E-state index >= 15 is 0 Å². The molecule has 0 aromatic heterocycles. The van der Waals surface area contributed by atoms with E-state index in [4.69, 9.17) is 16.7 Å². The van der Waals surface area contributed by atoms with Gasteiger partial charge in [0.15, 0.2) is 5.78 Å². The van der Waals surface area contributed by atoms with Gasteiger partial charge in [0.2, 0.25) is 10.0 Å². The number of Topliss-reactive ketones (excluding diaryl/α,β-unsaturated/α-hetero) is 1. The van der Waals surface area contributed by atoms with Gasteiger partial charge in [-0.15, -0.1) is 0 Å². The predicted molar refractivity (Wildman–Crippen MR) is 93.0 cm³/mol. The molecule has 0 aliphatic carbocycles. The van der Waals surface area contributed by atoms with E-state index < -0.39 is 27.7 Å². The number of hydrogen-bond acceptors (Lipinski definition) is 4. The van der Waals surface area contributed by atoms with Crippen LogP contribution in [0, 0.1) is 5.92 Å². The maximum atomic E-state index is 12.4. The number of hydrogen-bond donors (Lipinski definition) is 2. The summed E-state index contributed by atoms with van der Waals surface area (Å²) >= 11 is 5.78. The van der Waals surface area contributed by atoms with Gasteiger partial charge in [-0.25, -0.2) is 13.6 Å². The number of primary sulfonamides is 1. The molecule has 8 heteroatoms. The highest BCUT2D eigenvalue weighted by atomic mass is 35.5. The van der Waals surface area contributed by atoms with Crippen LogP contribution in [0.2, 0.25) is 5.02 Å². The molecule has 0 aliphatic rings.